The third kappa shape index (κ3) is 2.49. The molecule has 23 heavy (non-hydrogen) atoms. The summed E-state index contributed by atoms with van der Waals surface area (Å²) in [6.07, 6.45) is 2.21. The molecule has 1 N–H and O–H groups in total. The van der Waals surface area contributed by atoms with E-state index in [0.717, 1.165) is 0 Å². The van der Waals surface area contributed by atoms with Crippen LogP contribution in [0.25, 0.3) is 0 Å². The Morgan fingerprint density at radius 2 is 2.22 bits per heavy atom. The first-order chi connectivity index (χ1) is 10.8. The van der Waals surface area contributed by atoms with E-state index in [1.54, 1.807) is 18.0 Å². The molecule has 0 bridgehead atoms. The van der Waals surface area contributed by atoms with E-state index in [-0.39, 0.29) is 24.3 Å². The smallest absolute Gasteiger partial charge is 0.338 e. The zero-order chi connectivity index (χ0) is 16.8. The molecule has 2 fully saturated rings. The Kier molecular flexibility index (Phi) is 3.83. The highest BCUT2D eigenvalue weighted by atomic mass is 16.5. The molecule has 3 rings (SSSR count). The summed E-state index contributed by atoms with van der Waals surface area (Å²) in [4.78, 5) is 34.6. The maximum absolute atomic E-state index is 12.9. The molecule has 3 heterocycles. The molecule has 2 aliphatic rings. The van der Waals surface area contributed by atoms with Gasteiger partial charge in [0, 0.05) is 25.3 Å². The van der Waals surface area contributed by atoms with Crippen LogP contribution in [0, 0.1) is 12.8 Å². The summed E-state index contributed by atoms with van der Waals surface area (Å²) in [7, 11) is 0. The van der Waals surface area contributed by atoms with Crippen LogP contribution in [0.4, 0.5) is 0 Å². The topological polar surface area (TPSA) is 92.6 Å². The van der Waals surface area contributed by atoms with Crippen molar-refractivity contribution >= 4 is 11.9 Å². The van der Waals surface area contributed by atoms with Crippen LogP contribution in [0.3, 0.4) is 0 Å². The second-order valence-corrected chi connectivity index (χ2v) is 6.59. The molecule has 1 aromatic rings. The first kappa shape index (κ1) is 15.9. The lowest BCUT2D eigenvalue weighted by atomic mass is 9.91. The number of carboxylic acids is 1. The fraction of sp³-hybridized carbons (Fsp3) is 0.625. The third-order valence-electron chi connectivity index (χ3n) is 4.72. The van der Waals surface area contributed by atoms with Crippen molar-refractivity contribution in [2.75, 3.05) is 19.7 Å². The summed E-state index contributed by atoms with van der Waals surface area (Å²) in [5, 5.41) is 9.54. The lowest BCUT2D eigenvalue weighted by molar-refractivity contribution is -0.160. The number of nitrogens with zero attached hydrogens (tertiary/aromatic N) is 3. The molecule has 7 nitrogen and oxygen atoms in total. The van der Waals surface area contributed by atoms with Crippen LogP contribution in [-0.4, -0.2) is 57.1 Å². The summed E-state index contributed by atoms with van der Waals surface area (Å²) in [6, 6.07) is 0. The Morgan fingerprint density at radius 3 is 2.83 bits per heavy atom. The fourth-order valence-electron chi connectivity index (χ4n) is 3.48. The molecular formula is C16H21N3O4. The van der Waals surface area contributed by atoms with Gasteiger partial charge >= 0.3 is 5.97 Å². The Bertz CT molecular complexity index is 661. The molecule has 2 atom stereocenters. The number of ether oxygens (including phenoxy) is 1. The van der Waals surface area contributed by atoms with Crippen molar-refractivity contribution in [1.29, 1.82) is 0 Å². The SMILES string of the molecule is Cc1ncc(C(=O)N2C[C@@H]3CCO[C@]3(C(=O)O)C2)c(C(C)C)n1. The summed E-state index contributed by atoms with van der Waals surface area (Å²) >= 11 is 0. The van der Waals surface area contributed by atoms with Crippen LogP contribution in [0.15, 0.2) is 6.20 Å². The van der Waals surface area contributed by atoms with Crippen LogP contribution in [0.1, 0.15) is 48.1 Å². The van der Waals surface area contributed by atoms with E-state index in [1.807, 2.05) is 13.8 Å². The van der Waals surface area contributed by atoms with Crippen molar-refractivity contribution in [3.8, 4) is 0 Å². The van der Waals surface area contributed by atoms with Crippen molar-refractivity contribution in [2.24, 2.45) is 5.92 Å². The number of aromatic nitrogens is 2. The minimum absolute atomic E-state index is 0.0806. The summed E-state index contributed by atoms with van der Waals surface area (Å²) in [5.41, 5.74) is -0.102. The van der Waals surface area contributed by atoms with Crippen molar-refractivity contribution in [2.45, 2.75) is 38.7 Å². The van der Waals surface area contributed by atoms with Gasteiger partial charge in [-0.1, -0.05) is 13.8 Å². The van der Waals surface area contributed by atoms with E-state index in [4.69, 9.17) is 4.74 Å². The highest BCUT2D eigenvalue weighted by molar-refractivity contribution is 5.96. The van der Waals surface area contributed by atoms with E-state index in [0.29, 0.717) is 36.7 Å². The van der Waals surface area contributed by atoms with Gasteiger partial charge in [-0.05, 0) is 19.3 Å². The molecule has 1 amide bonds. The number of aryl methyl sites for hydroxylation is 1. The molecule has 0 spiro atoms. The molecule has 7 heteroatoms. The number of carbonyl (C=O) groups is 2. The number of rotatable bonds is 3. The minimum Gasteiger partial charge on any atom is -0.479 e. The molecule has 2 saturated heterocycles. The van der Waals surface area contributed by atoms with Gasteiger partial charge in [-0.2, -0.15) is 0 Å². The van der Waals surface area contributed by atoms with Gasteiger partial charge in [0.15, 0.2) is 5.60 Å². The fourth-order valence-corrected chi connectivity index (χ4v) is 3.48. The van der Waals surface area contributed by atoms with Crippen molar-refractivity contribution in [1.82, 2.24) is 14.9 Å². The predicted octanol–water partition coefficient (Wildman–Crippen LogP) is 1.22. The molecule has 124 valence electrons. The zero-order valence-corrected chi connectivity index (χ0v) is 13.6. The Hall–Kier alpha value is -2.02. The maximum Gasteiger partial charge on any atom is 0.338 e. The maximum atomic E-state index is 12.9. The first-order valence-electron chi connectivity index (χ1n) is 7.85. The van der Waals surface area contributed by atoms with Crippen LogP contribution in [-0.2, 0) is 9.53 Å². The Labute approximate surface area is 134 Å². The zero-order valence-electron chi connectivity index (χ0n) is 13.6. The van der Waals surface area contributed by atoms with Gasteiger partial charge in [-0.15, -0.1) is 0 Å². The van der Waals surface area contributed by atoms with E-state index in [2.05, 4.69) is 9.97 Å². The number of hydrogen-bond acceptors (Lipinski definition) is 5. The lowest BCUT2D eigenvalue weighted by Gasteiger charge is -2.23. The lowest BCUT2D eigenvalue weighted by Crippen LogP contribution is -2.45. The number of amides is 1. The molecule has 0 unspecified atom stereocenters. The van der Waals surface area contributed by atoms with Crippen molar-refractivity contribution < 1.29 is 19.4 Å². The number of aliphatic carboxylic acids is 1. The van der Waals surface area contributed by atoms with Crippen LogP contribution < -0.4 is 0 Å². The molecule has 1 aromatic heterocycles. The van der Waals surface area contributed by atoms with Gasteiger partial charge in [-0.3, -0.25) is 4.79 Å². The van der Waals surface area contributed by atoms with E-state index >= 15 is 0 Å². The summed E-state index contributed by atoms with van der Waals surface area (Å²) in [6.45, 7) is 6.64. The highest BCUT2D eigenvalue weighted by Gasteiger charge is 2.57. The quantitative estimate of drug-likeness (QED) is 0.900. The van der Waals surface area contributed by atoms with Crippen LogP contribution in [0.2, 0.25) is 0 Å². The summed E-state index contributed by atoms with van der Waals surface area (Å²) < 4.78 is 5.51. The third-order valence-corrected chi connectivity index (χ3v) is 4.72. The number of carbonyl (C=O) groups excluding carboxylic acids is 1. The largest absolute Gasteiger partial charge is 0.479 e. The molecule has 2 aliphatic heterocycles. The first-order valence-corrected chi connectivity index (χ1v) is 7.85. The van der Waals surface area contributed by atoms with E-state index in [9.17, 15) is 14.7 Å². The monoisotopic (exact) mass is 319 g/mol. The van der Waals surface area contributed by atoms with Gasteiger partial charge in [0.2, 0.25) is 0 Å². The summed E-state index contributed by atoms with van der Waals surface area (Å²) in [5.74, 6) is -0.652. The van der Waals surface area contributed by atoms with Gasteiger partial charge in [0.25, 0.3) is 5.91 Å². The number of likely N-dealkylation sites (tertiary alicyclic amines) is 1. The minimum atomic E-state index is -1.25. The number of fused-ring (bicyclic) bond motifs is 1. The van der Waals surface area contributed by atoms with Crippen molar-refractivity contribution in [3.05, 3.63) is 23.3 Å². The standard InChI is InChI=1S/C16H21N3O4/c1-9(2)13-12(6-17-10(3)18-13)14(20)19-7-11-4-5-23-16(11,8-19)15(21)22/h6,9,11H,4-5,7-8H2,1-3H3,(H,21,22)/t11-,16+/m0/s1. The average Bonchev–Trinajstić information content (AvgIpc) is 3.04. The van der Waals surface area contributed by atoms with E-state index < -0.39 is 11.6 Å². The predicted molar refractivity (Wildman–Crippen MR) is 81.2 cm³/mol. The molecule has 0 radical (unpaired) electrons. The van der Waals surface area contributed by atoms with Gasteiger partial charge in [0.05, 0.1) is 17.8 Å². The number of carboxylic acid groups (broad SMARTS) is 1. The Balaban J connectivity index is 1.90. The molecule has 0 saturated carbocycles. The Morgan fingerprint density at radius 1 is 1.48 bits per heavy atom. The number of hydrogen-bond donors (Lipinski definition) is 1. The molecular weight excluding hydrogens is 298 g/mol. The molecule has 0 aliphatic carbocycles. The van der Waals surface area contributed by atoms with Crippen LogP contribution >= 0.6 is 0 Å². The van der Waals surface area contributed by atoms with E-state index in [1.165, 1.54) is 0 Å². The normalized spacial score (nSPS) is 26.6. The van der Waals surface area contributed by atoms with Crippen LogP contribution in [0.5, 0.6) is 0 Å². The average molecular weight is 319 g/mol. The second-order valence-electron chi connectivity index (χ2n) is 6.59. The second kappa shape index (κ2) is 5.56. The highest BCUT2D eigenvalue weighted by Crippen LogP contribution is 2.40. The van der Waals surface area contributed by atoms with Crippen molar-refractivity contribution in [3.63, 3.8) is 0 Å². The van der Waals surface area contributed by atoms with Gasteiger partial charge in [-0.25, -0.2) is 14.8 Å². The van der Waals surface area contributed by atoms with Gasteiger partial charge in [0.1, 0.15) is 5.82 Å². The molecule has 0 aromatic carbocycles. The van der Waals surface area contributed by atoms with Gasteiger partial charge < -0.3 is 14.7 Å².